The number of nitrogens with zero attached hydrogens (tertiary/aromatic N) is 1. The van der Waals surface area contributed by atoms with Crippen molar-refractivity contribution in [2.75, 3.05) is 6.54 Å². The molecule has 0 saturated heterocycles. The number of furan rings is 1. The molecule has 0 fully saturated rings. The zero-order valence-corrected chi connectivity index (χ0v) is 13.2. The van der Waals surface area contributed by atoms with Gasteiger partial charge in [-0.2, -0.15) is 0 Å². The number of aromatic nitrogens is 1. The van der Waals surface area contributed by atoms with Gasteiger partial charge in [0, 0.05) is 5.69 Å². The SMILES string of the molecule is CCCNCc1ccc(CSc2cc(C)cc(C)n2)o1. The fourth-order valence-electron chi connectivity index (χ4n) is 2.01. The molecule has 0 aliphatic carbocycles. The number of hydrogen-bond donors (Lipinski definition) is 1. The van der Waals surface area contributed by atoms with Crippen LogP contribution in [0.25, 0.3) is 0 Å². The second-order valence-electron chi connectivity index (χ2n) is 4.96. The van der Waals surface area contributed by atoms with E-state index in [4.69, 9.17) is 4.42 Å². The van der Waals surface area contributed by atoms with Crippen molar-refractivity contribution in [3.05, 3.63) is 47.0 Å². The molecule has 0 radical (unpaired) electrons. The topological polar surface area (TPSA) is 38.1 Å². The summed E-state index contributed by atoms with van der Waals surface area (Å²) in [7, 11) is 0. The largest absolute Gasteiger partial charge is 0.464 e. The van der Waals surface area contributed by atoms with Crippen molar-refractivity contribution >= 4 is 11.8 Å². The van der Waals surface area contributed by atoms with E-state index in [-0.39, 0.29) is 0 Å². The average Bonchev–Trinajstić information content (AvgIpc) is 2.84. The van der Waals surface area contributed by atoms with Gasteiger partial charge in [0.05, 0.1) is 17.3 Å². The number of hydrogen-bond acceptors (Lipinski definition) is 4. The van der Waals surface area contributed by atoms with E-state index < -0.39 is 0 Å². The summed E-state index contributed by atoms with van der Waals surface area (Å²) >= 11 is 1.72. The number of nitrogens with one attached hydrogen (secondary N) is 1. The molecule has 2 rings (SSSR count). The maximum absolute atomic E-state index is 5.80. The lowest BCUT2D eigenvalue weighted by Crippen LogP contribution is -2.12. The highest BCUT2D eigenvalue weighted by atomic mass is 32.2. The van der Waals surface area contributed by atoms with Crippen LogP contribution in [0.5, 0.6) is 0 Å². The molecule has 4 heteroatoms. The van der Waals surface area contributed by atoms with Crippen LogP contribution in [0.4, 0.5) is 0 Å². The van der Waals surface area contributed by atoms with Crippen LogP contribution in [-0.2, 0) is 12.3 Å². The van der Waals surface area contributed by atoms with Crippen molar-refractivity contribution in [1.29, 1.82) is 0 Å². The molecule has 0 amide bonds. The molecule has 0 saturated carbocycles. The van der Waals surface area contributed by atoms with Gasteiger partial charge in [-0.05, 0) is 56.6 Å². The van der Waals surface area contributed by atoms with Crippen LogP contribution in [0, 0.1) is 13.8 Å². The molecule has 0 spiro atoms. The lowest BCUT2D eigenvalue weighted by atomic mass is 10.3. The minimum Gasteiger partial charge on any atom is -0.464 e. The van der Waals surface area contributed by atoms with Gasteiger partial charge in [0.2, 0.25) is 0 Å². The van der Waals surface area contributed by atoms with E-state index in [0.717, 1.165) is 47.5 Å². The molecular weight excluding hydrogens is 268 g/mol. The van der Waals surface area contributed by atoms with Crippen molar-refractivity contribution < 1.29 is 4.42 Å². The van der Waals surface area contributed by atoms with Gasteiger partial charge in [-0.15, -0.1) is 0 Å². The Balaban J connectivity index is 1.87. The van der Waals surface area contributed by atoms with Gasteiger partial charge in [0.1, 0.15) is 11.5 Å². The predicted octanol–water partition coefficient (Wildman–Crippen LogP) is 4.08. The fraction of sp³-hybridized carbons (Fsp3) is 0.438. The zero-order valence-electron chi connectivity index (χ0n) is 12.4. The molecule has 108 valence electrons. The highest BCUT2D eigenvalue weighted by Gasteiger charge is 2.04. The maximum atomic E-state index is 5.80. The first-order valence-electron chi connectivity index (χ1n) is 7.03. The van der Waals surface area contributed by atoms with Crippen molar-refractivity contribution in [3.8, 4) is 0 Å². The molecule has 2 aromatic rings. The second kappa shape index (κ2) is 7.50. The van der Waals surface area contributed by atoms with E-state index in [1.807, 2.05) is 13.0 Å². The zero-order chi connectivity index (χ0) is 14.4. The first kappa shape index (κ1) is 15.1. The summed E-state index contributed by atoms with van der Waals surface area (Å²) in [5, 5.41) is 4.40. The molecule has 1 N–H and O–H groups in total. The molecule has 0 aliphatic rings. The quantitative estimate of drug-likeness (QED) is 0.616. The standard InChI is InChI=1S/C16H22N2OS/c1-4-7-17-10-14-5-6-15(19-14)11-20-16-9-12(2)8-13(3)18-16/h5-6,8-9,17H,4,7,10-11H2,1-3H3. The van der Waals surface area contributed by atoms with Crippen molar-refractivity contribution in [2.45, 2.75) is 44.5 Å². The van der Waals surface area contributed by atoms with E-state index in [9.17, 15) is 0 Å². The van der Waals surface area contributed by atoms with Crippen LogP contribution in [0.15, 0.2) is 33.7 Å². The molecular formula is C16H22N2OS. The fourth-order valence-corrected chi connectivity index (χ4v) is 2.93. The summed E-state index contributed by atoms with van der Waals surface area (Å²) in [5.41, 5.74) is 2.32. The lowest BCUT2D eigenvalue weighted by Gasteiger charge is -2.03. The minimum absolute atomic E-state index is 0.806. The third-order valence-corrected chi connectivity index (χ3v) is 3.81. The summed E-state index contributed by atoms with van der Waals surface area (Å²) < 4.78 is 5.80. The molecule has 20 heavy (non-hydrogen) atoms. The molecule has 0 unspecified atom stereocenters. The van der Waals surface area contributed by atoms with Gasteiger partial charge in [-0.1, -0.05) is 18.7 Å². The molecule has 2 heterocycles. The molecule has 0 aromatic carbocycles. The Hall–Kier alpha value is -1.26. The number of pyridine rings is 1. The monoisotopic (exact) mass is 290 g/mol. The van der Waals surface area contributed by atoms with E-state index in [1.54, 1.807) is 11.8 Å². The van der Waals surface area contributed by atoms with E-state index in [1.165, 1.54) is 5.56 Å². The van der Waals surface area contributed by atoms with Crippen molar-refractivity contribution in [1.82, 2.24) is 10.3 Å². The number of aryl methyl sites for hydroxylation is 2. The van der Waals surface area contributed by atoms with E-state index >= 15 is 0 Å². The van der Waals surface area contributed by atoms with Gasteiger partial charge in [-0.3, -0.25) is 0 Å². The van der Waals surface area contributed by atoms with Gasteiger partial charge in [0.15, 0.2) is 0 Å². The van der Waals surface area contributed by atoms with Crippen molar-refractivity contribution in [2.24, 2.45) is 0 Å². The first-order valence-corrected chi connectivity index (χ1v) is 8.02. The summed E-state index contributed by atoms with van der Waals surface area (Å²) in [4.78, 5) is 4.53. The average molecular weight is 290 g/mol. The summed E-state index contributed by atoms with van der Waals surface area (Å²) in [6.45, 7) is 8.12. The molecule has 2 aromatic heterocycles. The molecule has 0 aliphatic heterocycles. The van der Waals surface area contributed by atoms with Gasteiger partial charge >= 0.3 is 0 Å². The van der Waals surface area contributed by atoms with Gasteiger partial charge in [0.25, 0.3) is 0 Å². The Morgan fingerprint density at radius 1 is 1.20 bits per heavy atom. The maximum Gasteiger partial charge on any atom is 0.118 e. The Kier molecular flexibility index (Phi) is 5.68. The number of rotatable bonds is 7. The first-order chi connectivity index (χ1) is 9.67. The molecule has 3 nitrogen and oxygen atoms in total. The van der Waals surface area contributed by atoms with Crippen LogP contribution >= 0.6 is 11.8 Å². The highest BCUT2D eigenvalue weighted by molar-refractivity contribution is 7.98. The Bertz CT molecular complexity index is 531. The Morgan fingerprint density at radius 3 is 2.75 bits per heavy atom. The summed E-state index contributed by atoms with van der Waals surface area (Å²) in [6, 6.07) is 8.31. The van der Waals surface area contributed by atoms with E-state index in [2.05, 4.69) is 42.3 Å². The Morgan fingerprint density at radius 2 is 2.00 bits per heavy atom. The lowest BCUT2D eigenvalue weighted by molar-refractivity contribution is 0.459. The minimum atomic E-state index is 0.806. The van der Waals surface area contributed by atoms with Gasteiger partial charge < -0.3 is 9.73 Å². The van der Waals surface area contributed by atoms with Gasteiger partial charge in [-0.25, -0.2) is 4.98 Å². The normalized spacial score (nSPS) is 10.9. The van der Waals surface area contributed by atoms with Crippen LogP contribution < -0.4 is 5.32 Å². The highest BCUT2D eigenvalue weighted by Crippen LogP contribution is 2.23. The smallest absolute Gasteiger partial charge is 0.118 e. The van der Waals surface area contributed by atoms with Crippen LogP contribution in [0.3, 0.4) is 0 Å². The molecule has 0 atom stereocenters. The van der Waals surface area contributed by atoms with Crippen LogP contribution in [0.2, 0.25) is 0 Å². The molecule has 0 bridgehead atoms. The van der Waals surface area contributed by atoms with Crippen LogP contribution in [0.1, 0.15) is 36.1 Å². The third kappa shape index (κ3) is 4.69. The van der Waals surface area contributed by atoms with Crippen LogP contribution in [-0.4, -0.2) is 11.5 Å². The summed E-state index contributed by atoms with van der Waals surface area (Å²) in [6.07, 6.45) is 1.14. The van der Waals surface area contributed by atoms with Crippen molar-refractivity contribution in [3.63, 3.8) is 0 Å². The Labute approximate surface area is 125 Å². The number of thioether (sulfide) groups is 1. The van der Waals surface area contributed by atoms with E-state index in [0.29, 0.717) is 0 Å². The third-order valence-electron chi connectivity index (χ3n) is 2.88. The second-order valence-corrected chi connectivity index (χ2v) is 5.95. The summed E-state index contributed by atoms with van der Waals surface area (Å²) in [5.74, 6) is 2.83. The predicted molar refractivity (Wildman–Crippen MR) is 84.0 cm³/mol.